The van der Waals surface area contributed by atoms with Crippen LogP contribution in [0.1, 0.15) is 25.6 Å². The first kappa shape index (κ1) is 18.5. The van der Waals surface area contributed by atoms with E-state index in [0.29, 0.717) is 34.2 Å². The van der Waals surface area contributed by atoms with Gasteiger partial charge in [0, 0.05) is 6.54 Å². The van der Waals surface area contributed by atoms with Crippen molar-refractivity contribution < 1.29 is 19.1 Å². The standard InChI is InChI=1S/C20H15BrN2O4S/c21-18-8-7-17(28-18)20(25)23-14-4-2-1-3-13(14)19(24)22-10-12-5-6-15-16(9-12)27-11-26-15/h1-9H,10-11H2,(H,22,24)(H,23,25). The van der Waals surface area contributed by atoms with Gasteiger partial charge in [-0.25, -0.2) is 0 Å². The molecule has 1 aliphatic rings. The van der Waals surface area contributed by atoms with E-state index < -0.39 is 0 Å². The number of carbonyl (C=O) groups is 2. The first-order chi connectivity index (χ1) is 13.6. The van der Waals surface area contributed by atoms with Crippen LogP contribution in [0.5, 0.6) is 11.5 Å². The highest BCUT2D eigenvalue weighted by Gasteiger charge is 2.16. The molecule has 2 amide bonds. The summed E-state index contributed by atoms with van der Waals surface area (Å²) < 4.78 is 11.5. The van der Waals surface area contributed by atoms with Gasteiger partial charge in [-0.2, -0.15) is 0 Å². The molecule has 6 nitrogen and oxygen atoms in total. The summed E-state index contributed by atoms with van der Waals surface area (Å²) in [5, 5.41) is 5.68. The van der Waals surface area contributed by atoms with Gasteiger partial charge >= 0.3 is 0 Å². The third-order valence-electron chi connectivity index (χ3n) is 4.11. The van der Waals surface area contributed by atoms with E-state index >= 15 is 0 Å². The van der Waals surface area contributed by atoms with Crippen LogP contribution in [0.2, 0.25) is 0 Å². The number of benzene rings is 2. The lowest BCUT2D eigenvalue weighted by molar-refractivity contribution is 0.0951. The minimum absolute atomic E-state index is 0.207. The Labute approximate surface area is 173 Å². The van der Waals surface area contributed by atoms with Crippen LogP contribution in [-0.2, 0) is 6.54 Å². The molecule has 0 saturated carbocycles. The number of hydrogen-bond donors (Lipinski definition) is 2. The summed E-state index contributed by atoms with van der Waals surface area (Å²) in [6.45, 7) is 0.536. The Bertz CT molecular complexity index is 1050. The summed E-state index contributed by atoms with van der Waals surface area (Å²) in [7, 11) is 0. The Morgan fingerprint density at radius 2 is 1.82 bits per heavy atom. The number of para-hydroxylation sites is 1. The summed E-state index contributed by atoms with van der Waals surface area (Å²) >= 11 is 4.67. The quantitative estimate of drug-likeness (QED) is 0.592. The second kappa shape index (κ2) is 8.04. The molecule has 0 bridgehead atoms. The molecule has 2 heterocycles. The normalized spacial score (nSPS) is 11.9. The second-order valence-corrected chi connectivity index (χ2v) is 8.44. The Hall–Kier alpha value is -2.84. The Morgan fingerprint density at radius 3 is 2.64 bits per heavy atom. The van der Waals surface area contributed by atoms with Crippen molar-refractivity contribution in [2.75, 3.05) is 12.1 Å². The Kier molecular flexibility index (Phi) is 5.31. The molecule has 0 saturated heterocycles. The van der Waals surface area contributed by atoms with Gasteiger partial charge in [-0.1, -0.05) is 18.2 Å². The van der Waals surface area contributed by atoms with Crippen LogP contribution in [-0.4, -0.2) is 18.6 Å². The predicted molar refractivity (Wildman–Crippen MR) is 110 cm³/mol. The van der Waals surface area contributed by atoms with Gasteiger partial charge in [0.15, 0.2) is 11.5 Å². The molecule has 142 valence electrons. The third kappa shape index (κ3) is 4.02. The second-order valence-electron chi connectivity index (χ2n) is 5.97. The fraction of sp³-hybridized carbons (Fsp3) is 0.100. The van der Waals surface area contributed by atoms with E-state index in [1.165, 1.54) is 11.3 Å². The average molecular weight is 459 g/mol. The smallest absolute Gasteiger partial charge is 0.265 e. The molecule has 4 rings (SSSR count). The lowest BCUT2D eigenvalue weighted by atomic mass is 10.1. The topological polar surface area (TPSA) is 76.7 Å². The van der Waals surface area contributed by atoms with Gasteiger partial charge in [0.2, 0.25) is 6.79 Å². The number of rotatable bonds is 5. The zero-order valence-electron chi connectivity index (χ0n) is 14.5. The highest BCUT2D eigenvalue weighted by molar-refractivity contribution is 9.11. The number of amides is 2. The number of ether oxygens (including phenoxy) is 2. The lowest BCUT2D eigenvalue weighted by Gasteiger charge is -2.11. The van der Waals surface area contributed by atoms with Crippen molar-refractivity contribution in [1.29, 1.82) is 0 Å². The molecular weight excluding hydrogens is 444 g/mol. The van der Waals surface area contributed by atoms with E-state index in [2.05, 4.69) is 26.6 Å². The highest BCUT2D eigenvalue weighted by Crippen LogP contribution is 2.32. The lowest BCUT2D eigenvalue weighted by Crippen LogP contribution is -2.24. The number of anilines is 1. The maximum Gasteiger partial charge on any atom is 0.265 e. The molecule has 2 aromatic carbocycles. The minimum Gasteiger partial charge on any atom is -0.454 e. The fourth-order valence-electron chi connectivity index (χ4n) is 2.74. The Morgan fingerprint density at radius 1 is 1.00 bits per heavy atom. The average Bonchev–Trinajstić information content (AvgIpc) is 3.35. The van der Waals surface area contributed by atoms with Crippen LogP contribution >= 0.6 is 27.3 Å². The van der Waals surface area contributed by atoms with Gasteiger partial charge in [0.25, 0.3) is 11.8 Å². The van der Waals surface area contributed by atoms with Gasteiger partial charge < -0.3 is 20.1 Å². The molecule has 1 aliphatic heterocycles. The largest absolute Gasteiger partial charge is 0.454 e. The van der Waals surface area contributed by atoms with Gasteiger partial charge in [-0.3, -0.25) is 9.59 Å². The maximum absolute atomic E-state index is 12.7. The number of carbonyl (C=O) groups excluding carboxylic acids is 2. The molecule has 3 aromatic rings. The molecule has 0 spiro atoms. The molecule has 2 N–H and O–H groups in total. The van der Waals surface area contributed by atoms with E-state index in [1.807, 2.05) is 24.3 Å². The monoisotopic (exact) mass is 458 g/mol. The summed E-state index contributed by atoms with van der Waals surface area (Å²) in [5.41, 5.74) is 1.75. The molecule has 1 aromatic heterocycles. The van der Waals surface area contributed by atoms with Gasteiger partial charge in [0.1, 0.15) is 0 Å². The SMILES string of the molecule is O=C(Nc1ccccc1C(=O)NCc1ccc2c(c1)OCO2)c1ccc(Br)s1. The van der Waals surface area contributed by atoms with Crippen molar-refractivity contribution in [3.05, 3.63) is 74.4 Å². The summed E-state index contributed by atoms with van der Waals surface area (Å²) in [5.74, 6) is 0.831. The summed E-state index contributed by atoms with van der Waals surface area (Å²) in [4.78, 5) is 25.6. The number of fused-ring (bicyclic) bond motifs is 1. The van der Waals surface area contributed by atoms with Crippen LogP contribution < -0.4 is 20.1 Å². The maximum atomic E-state index is 12.7. The first-order valence-electron chi connectivity index (χ1n) is 8.42. The molecule has 0 atom stereocenters. The van der Waals surface area contributed by atoms with Crippen molar-refractivity contribution in [2.45, 2.75) is 6.54 Å². The highest BCUT2D eigenvalue weighted by atomic mass is 79.9. The first-order valence-corrected chi connectivity index (χ1v) is 10.0. The summed E-state index contributed by atoms with van der Waals surface area (Å²) in [6, 6.07) is 16.0. The molecule has 28 heavy (non-hydrogen) atoms. The zero-order chi connectivity index (χ0) is 19.5. The van der Waals surface area contributed by atoms with Crippen molar-refractivity contribution in [3.63, 3.8) is 0 Å². The van der Waals surface area contributed by atoms with Gasteiger partial charge in [-0.05, 0) is 57.9 Å². The van der Waals surface area contributed by atoms with E-state index in [9.17, 15) is 9.59 Å². The number of thiophene rings is 1. The zero-order valence-corrected chi connectivity index (χ0v) is 16.9. The van der Waals surface area contributed by atoms with Crippen molar-refractivity contribution in [2.24, 2.45) is 0 Å². The number of halogens is 1. The van der Waals surface area contributed by atoms with E-state index in [-0.39, 0.29) is 18.6 Å². The molecule has 8 heteroatoms. The van der Waals surface area contributed by atoms with Crippen molar-refractivity contribution >= 4 is 44.8 Å². The Balaban J connectivity index is 1.45. The van der Waals surface area contributed by atoms with Crippen molar-refractivity contribution in [1.82, 2.24) is 5.32 Å². The molecule has 0 aliphatic carbocycles. The summed E-state index contributed by atoms with van der Waals surface area (Å²) in [6.07, 6.45) is 0. The minimum atomic E-state index is -0.277. The van der Waals surface area contributed by atoms with Crippen LogP contribution in [0, 0.1) is 0 Å². The predicted octanol–water partition coefficient (Wildman–Crippen LogP) is 4.42. The molecule has 0 unspecified atom stereocenters. The van der Waals surface area contributed by atoms with Gasteiger partial charge in [-0.15, -0.1) is 11.3 Å². The number of nitrogens with one attached hydrogen (secondary N) is 2. The fourth-order valence-corrected chi connectivity index (χ4v) is 4.02. The van der Waals surface area contributed by atoms with E-state index in [4.69, 9.17) is 9.47 Å². The van der Waals surface area contributed by atoms with Crippen molar-refractivity contribution in [3.8, 4) is 11.5 Å². The third-order valence-corrected chi connectivity index (χ3v) is 5.73. The van der Waals surface area contributed by atoms with E-state index in [1.54, 1.807) is 30.3 Å². The van der Waals surface area contributed by atoms with Gasteiger partial charge in [0.05, 0.1) is 19.9 Å². The molecule has 0 radical (unpaired) electrons. The van der Waals surface area contributed by atoms with E-state index in [0.717, 1.165) is 9.35 Å². The number of hydrogen-bond acceptors (Lipinski definition) is 5. The van der Waals surface area contributed by atoms with Crippen LogP contribution in [0.4, 0.5) is 5.69 Å². The van der Waals surface area contributed by atoms with Crippen LogP contribution in [0.3, 0.4) is 0 Å². The van der Waals surface area contributed by atoms with Crippen LogP contribution in [0.15, 0.2) is 58.4 Å². The molecular formula is C20H15BrN2O4S. The van der Waals surface area contributed by atoms with Crippen LogP contribution in [0.25, 0.3) is 0 Å². The molecule has 0 fully saturated rings.